The van der Waals surface area contributed by atoms with Gasteiger partial charge < -0.3 is 14.6 Å². The standard InChI is InChI=1S/C20H24N6O2/c1-3-16-8-19(27)24-20(23-16)15-4-5-18(21-10-15)25-6-7-28-17(12-25)13-26-11-14(2)9-22-26/h4-5,8-11,17H,3,6-7,12-13H2,1-2H3,(H,23,24,27). The first kappa shape index (κ1) is 18.4. The van der Waals surface area contributed by atoms with Gasteiger partial charge in [0.25, 0.3) is 5.56 Å². The first-order valence-corrected chi connectivity index (χ1v) is 9.53. The summed E-state index contributed by atoms with van der Waals surface area (Å²) < 4.78 is 7.81. The molecule has 146 valence electrons. The van der Waals surface area contributed by atoms with Crippen molar-refractivity contribution in [2.45, 2.75) is 32.9 Å². The average molecular weight is 380 g/mol. The van der Waals surface area contributed by atoms with Crippen molar-refractivity contribution in [3.8, 4) is 11.4 Å². The molecule has 4 heterocycles. The van der Waals surface area contributed by atoms with Crippen LogP contribution in [0.4, 0.5) is 5.82 Å². The second kappa shape index (κ2) is 7.93. The molecular weight excluding hydrogens is 356 g/mol. The number of hydrogen-bond donors (Lipinski definition) is 1. The van der Waals surface area contributed by atoms with Gasteiger partial charge in [-0.25, -0.2) is 9.97 Å². The zero-order chi connectivity index (χ0) is 19.5. The quantitative estimate of drug-likeness (QED) is 0.726. The minimum Gasteiger partial charge on any atom is -0.373 e. The molecule has 0 radical (unpaired) electrons. The Morgan fingerprint density at radius 3 is 2.93 bits per heavy atom. The molecule has 0 spiro atoms. The van der Waals surface area contributed by atoms with Crippen molar-refractivity contribution in [3.63, 3.8) is 0 Å². The third kappa shape index (κ3) is 4.12. The third-order valence-electron chi connectivity index (χ3n) is 4.79. The normalized spacial score (nSPS) is 17.1. The Morgan fingerprint density at radius 1 is 1.32 bits per heavy atom. The van der Waals surface area contributed by atoms with E-state index in [0.717, 1.165) is 42.3 Å². The molecule has 1 atom stereocenters. The van der Waals surface area contributed by atoms with Crippen molar-refractivity contribution < 1.29 is 4.74 Å². The predicted molar refractivity (Wildman–Crippen MR) is 106 cm³/mol. The van der Waals surface area contributed by atoms with Gasteiger partial charge in [-0.1, -0.05) is 6.92 Å². The van der Waals surface area contributed by atoms with Crippen molar-refractivity contribution >= 4 is 5.82 Å². The molecule has 8 nitrogen and oxygen atoms in total. The monoisotopic (exact) mass is 380 g/mol. The fourth-order valence-electron chi connectivity index (χ4n) is 3.35. The minimum atomic E-state index is -0.143. The van der Waals surface area contributed by atoms with Crippen LogP contribution in [0.5, 0.6) is 0 Å². The second-order valence-corrected chi connectivity index (χ2v) is 7.02. The van der Waals surface area contributed by atoms with Crippen molar-refractivity contribution in [2.24, 2.45) is 0 Å². The maximum atomic E-state index is 11.8. The molecule has 8 heteroatoms. The van der Waals surface area contributed by atoms with Gasteiger partial charge in [0.05, 0.1) is 25.5 Å². The highest BCUT2D eigenvalue weighted by atomic mass is 16.5. The predicted octanol–water partition coefficient (Wildman–Crippen LogP) is 1.80. The Kier molecular flexibility index (Phi) is 5.21. The van der Waals surface area contributed by atoms with Gasteiger partial charge >= 0.3 is 0 Å². The molecule has 4 rings (SSSR count). The first-order chi connectivity index (χ1) is 13.6. The van der Waals surface area contributed by atoms with E-state index in [-0.39, 0.29) is 11.7 Å². The summed E-state index contributed by atoms with van der Waals surface area (Å²) in [7, 11) is 0. The van der Waals surface area contributed by atoms with E-state index in [1.165, 1.54) is 6.07 Å². The average Bonchev–Trinajstić information content (AvgIpc) is 3.12. The second-order valence-electron chi connectivity index (χ2n) is 7.02. The largest absolute Gasteiger partial charge is 0.373 e. The Balaban J connectivity index is 1.47. The number of nitrogens with zero attached hydrogens (tertiary/aromatic N) is 5. The molecule has 0 aliphatic carbocycles. The number of anilines is 1. The number of aryl methyl sites for hydroxylation is 2. The molecule has 1 aliphatic heterocycles. The summed E-state index contributed by atoms with van der Waals surface area (Å²) in [5, 5.41) is 4.34. The molecule has 0 saturated carbocycles. The SMILES string of the molecule is CCc1cc(=O)[nH]c(-c2ccc(N3CCOC(Cn4cc(C)cn4)C3)nc2)n1. The lowest BCUT2D eigenvalue weighted by molar-refractivity contribution is 0.0272. The Hall–Kier alpha value is -3.00. The van der Waals surface area contributed by atoms with Gasteiger partial charge in [0.1, 0.15) is 11.6 Å². The number of pyridine rings is 1. The minimum absolute atomic E-state index is 0.0637. The molecule has 3 aromatic rings. The summed E-state index contributed by atoms with van der Waals surface area (Å²) >= 11 is 0. The zero-order valence-corrected chi connectivity index (χ0v) is 16.1. The van der Waals surface area contributed by atoms with E-state index < -0.39 is 0 Å². The number of nitrogens with one attached hydrogen (secondary N) is 1. The molecule has 1 unspecified atom stereocenters. The number of ether oxygens (including phenoxy) is 1. The molecule has 0 aromatic carbocycles. The third-order valence-corrected chi connectivity index (χ3v) is 4.79. The maximum absolute atomic E-state index is 11.8. The van der Waals surface area contributed by atoms with E-state index in [0.29, 0.717) is 18.9 Å². The van der Waals surface area contributed by atoms with Gasteiger partial charge in [0.15, 0.2) is 0 Å². The number of morpholine rings is 1. The van der Waals surface area contributed by atoms with Crippen LogP contribution in [0.3, 0.4) is 0 Å². The van der Waals surface area contributed by atoms with Crippen molar-refractivity contribution in [3.05, 3.63) is 58.4 Å². The van der Waals surface area contributed by atoms with Crippen LogP contribution < -0.4 is 10.5 Å². The number of rotatable bonds is 5. The molecule has 0 bridgehead atoms. The van der Waals surface area contributed by atoms with E-state index >= 15 is 0 Å². The number of hydrogen-bond acceptors (Lipinski definition) is 6. The number of aromatic nitrogens is 5. The zero-order valence-electron chi connectivity index (χ0n) is 16.1. The summed E-state index contributed by atoms with van der Waals surface area (Å²) in [4.78, 5) is 25.9. The lowest BCUT2D eigenvalue weighted by Gasteiger charge is -2.33. The molecule has 0 amide bonds. The molecule has 1 saturated heterocycles. The van der Waals surface area contributed by atoms with Crippen LogP contribution in [0.2, 0.25) is 0 Å². The van der Waals surface area contributed by atoms with Crippen LogP contribution in [0.1, 0.15) is 18.2 Å². The van der Waals surface area contributed by atoms with Gasteiger partial charge in [0.2, 0.25) is 0 Å². The van der Waals surface area contributed by atoms with Crippen molar-refractivity contribution in [1.82, 2.24) is 24.7 Å². The van der Waals surface area contributed by atoms with Gasteiger partial charge in [-0.15, -0.1) is 0 Å². The molecule has 28 heavy (non-hydrogen) atoms. The smallest absolute Gasteiger partial charge is 0.251 e. The highest BCUT2D eigenvalue weighted by Crippen LogP contribution is 2.20. The van der Waals surface area contributed by atoms with Gasteiger partial charge in [-0.3, -0.25) is 9.48 Å². The van der Waals surface area contributed by atoms with Crippen LogP contribution >= 0.6 is 0 Å². The van der Waals surface area contributed by atoms with Crippen LogP contribution in [0.15, 0.2) is 41.6 Å². The molecule has 1 N–H and O–H groups in total. The fourth-order valence-corrected chi connectivity index (χ4v) is 3.35. The molecule has 1 fully saturated rings. The topological polar surface area (TPSA) is 88.9 Å². The van der Waals surface area contributed by atoms with Crippen LogP contribution in [-0.2, 0) is 17.7 Å². The molecule has 3 aromatic heterocycles. The lowest BCUT2D eigenvalue weighted by atomic mass is 10.2. The first-order valence-electron chi connectivity index (χ1n) is 9.53. The summed E-state index contributed by atoms with van der Waals surface area (Å²) in [5.74, 6) is 1.44. The Labute approximate surface area is 163 Å². The Bertz CT molecular complexity index is 994. The number of aromatic amines is 1. The summed E-state index contributed by atoms with van der Waals surface area (Å²) in [6, 6.07) is 5.44. The van der Waals surface area contributed by atoms with Gasteiger partial charge in [-0.05, 0) is 31.0 Å². The van der Waals surface area contributed by atoms with E-state index in [9.17, 15) is 4.79 Å². The van der Waals surface area contributed by atoms with Crippen LogP contribution in [0, 0.1) is 6.92 Å². The van der Waals surface area contributed by atoms with Crippen LogP contribution in [-0.4, -0.2) is 50.5 Å². The highest BCUT2D eigenvalue weighted by molar-refractivity contribution is 5.56. The lowest BCUT2D eigenvalue weighted by Crippen LogP contribution is -2.44. The van der Waals surface area contributed by atoms with Crippen LogP contribution in [0.25, 0.3) is 11.4 Å². The summed E-state index contributed by atoms with van der Waals surface area (Å²) in [6.45, 7) is 6.93. The molecular formula is C20H24N6O2. The van der Waals surface area contributed by atoms with E-state index in [2.05, 4.69) is 25.0 Å². The summed E-state index contributed by atoms with van der Waals surface area (Å²) in [6.07, 6.45) is 6.41. The van der Waals surface area contributed by atoms with Gasteiger partial charge in [0, 0.05) is 42.8 Å². The van der Waals surface area contributed by atoms with E-state index in [1.54, 1.807) is 6.20 Å². The highest BCUT2D eigenvalue weighted by Gasteiger charge is 2.22. The van der Waals surface area contributed by atoms with Crippen molar-refractivity contribution in [1.29, 1.82) is 0 Å². The number of H-pyrrole nitrogens is 1. The molecule has 1 aliphatic rings. The van der Waals surface area contributed by atoms with E-state index in [1.807, 2.05) is 43.1 Å². The van der Waals surface area contributed by atoms with Gasteiger partial charge in [-0.2, -0.15) is 5.10 Å². The van der Waals surface area contributed by atoms with E-state index in [4.69, 9.17) is 4.74 Å². The fraction of sp³-hybridized carbons (Fsp3) is 0.400. The maximum Gasteiger partial charge on any atom is 0.251 e. The Morgan fingerprint density at radius 2 is 2.21 bits per heavy atom. The van der Waals surface area contributed by atoms with Crippen molar-refractivity contribution in [2.75, 3.05) is 24.6 Å². The summed E-state index contributed by atoms with van der Waals surface area (Å²) in [5.41, 5.74) is 2.57.